The molecule has 1 aromatic carbocycles. The van der Waals surface area contributed by atoms with Crippen molar-refractivity contribution in [3.8, 4) is 11.3 Å². The number of nitrogens with zero attached hydrogens (tertiary/aromatic N) is 2. The highest BCUT2D eigenvalue weighted by Crippen LogP contribution is 2.30. The Morgan fingerprint density at radius 2 is 1.85 bits per heavy atom. The number of aromatic nitrogens is 2. The van der Waals surface area contributed by atoms with Gasteiger partial charge in [0, 0.05) is 12.1 Å². The molecule has 0 aliphatic carbocycles. The van der Waals surface area contributed by atoms with Crippen LogP contribution in [0.25, 0.3) is 11.3 Å². The van der Waals surface area contributed by atoms with Crippen LogP contribution in [0.2, 0.25) is 0 Å². The van der Waals surface area contributed by atoms with E-state index < -0.39 is 11.7 Å². The third-order valence-corrected chi connectivity index (χ3v) is 2.97. The molecule has 0 radical (unpaired) electrons. The van der Waals surface area contributed by atoms with Gasteiger partial charge in [-0.1, -0.05) is 19.1 Å². The predicted octanol–water partition coefficient (Wildman–Crippen LogP) is 3.47. The van der Waals surface area contributed by atoms with Crippen LogP contribution in [0.1, 0.15) is 24.6 Å². The molecule has 0 aliphatic heterocycles. The van der Waals surface area contributed by atoms with Crippen molar-refractivity contribution >= 4 is 0 Å². The first kappa shape index (κ1) is 14.6. The lowest BCUT2D eigenvalue weighted by molar-refractivity contribution is -0.137. The zero-order chi connectivity index (χ0) is 14.8. The van der Waals surface area contributed by atoms with E-state index in [1.54, 1.807) is 10.7 Å². The quantitative estimate of drug-likeness (QED) is 0.933. The number of hydrogen-bond acceptors (Lipinski definition) is 2. The van der Waals surface area contributed by atoms with Crippen molar-refractivity contribution in [3.63, 3.8) is 0 Å². The Hall–Kier alpha value is -1.82. The first-order valence-electron chi connectivity index (χ1n) is 6.31. The molecule has 1 heterocycles. The van der Waals surface area contributed by atoms with Crippen LogP contribution in [-0.2, 0) is 19.3 Å². The van der Waals surface area contributed by atoms with Crippen LogP contribution in [0, 0.1) is 0 Å². The molecule has 0 aliphatic rings. The van der Waals surface area contributed by atoms with Gasteiger partial charge in [0.15, 0.2) is 0 Å². The first-order valence-corrected chi connectivity index (χ1v) is 6.31. The summed E-state index contributed by atoms with van der Waals surface area (Å²) in [5.41, 5.74) is 1.14. The van der Waals surface area contributed by atoms with Crippen molar-refractivity contribution in [1.29, 1.82) is 0 Å². The predicted molar refractivity (Wildman–Crippen MR) is 68.9 cm³/mol. The zero-order valence-electron chi connectivity index (χ0n) is 11.0. The van der Waals surface area contributed by atoms with Crippen LogP contribution in [0.15, 0.2) is 30.3 Å². The van der Waals surface area contributed by atoms with E-state index in [-0.39, 0.29) is 6.61 Å². The largest absolute Gasteiger partial charge is 0.416 e. The maximum atomic E-state index is 12.5. The Balaban J connectivity index is 2.32. The SMILES string of the molecule is CCCn1nc(-c2ccc(C(F)(F)F)cc2)cc1CO. The standard InChI is InChI=1S/C14H15F3N2O/c1-2-7-19-12(9-20)8-13(18-19)10-3-5-11(6-4-10)14(15,16)17/h3-6,8,20H,2,7,9H2,1H3. The van der Waals surface area contributed by atoms with Crippen LogP contribution in [0.5, 0.6) is 0 Å². The second-order valence-corrected chi connectivity index (χ2v) is 4.48. The van der Waals surface area contributed by atoms with Gasteiger partial charge in [-0.15, -0.1) is 0 Å². The van der Waals surface area contributed by atoms with E-state index in [1.807, 2.05) is 6.92 Å². The minimum atomic E-state index is -4.34. The molecule has 2 aromatic rings. The normalized spacial score (nSPS) is 11.8. The average Bonchev–Trinajstić information content (AvgIpc) is 2.81. The maximum absolute atomic E-state index is 12.5. The molecular weight excluding hydrogens is 269 g/mol. The fourth-order valence-electron chi connectivity index (χ4n) is 1.96. The van der Waals surface area contributed by atoms with Gasteiger partial charge in [-0.2, -0.15) is 18.3 Å². The third-order valence-electron chi connectivity index (χ3n) is 2.97. The van der Waals surface area contributed by atoms with Gasteiger partial charge in [0.25, 0.3) is 0 Å². The molecule has 3 nitrogen and oxygen atoms in total. The molecule has 0 saturated heterocycles. The Bertz CT molecular complexity index is 573. The van der Waals surface area contributed by atoms with Gasteiger partial charge in [0.1, 0.15) is 0 Å². The Kier molecular flexibility index (Phi) is 4.13. The number of alkyl halides is 3. The Morgan fingerprint density at radius 3 is 2.35 bits per heavy atom. The van der Waals surface area contributed by atoms with Crippen molar-refractivity contribution < 1.29 is 18.3 Å². The highest BCUT2D eigenvalue weighted by molar-refractivity contribution is 5.59. The fraction of sp³-hybridized carbons (Fsp3) is 0.357. The topological polar surface area (TPSA) is 38.0 Å². The first-order chi connectivity index (χ1) is 9.45. The smallest absolute Gasteiger partial charge is 0.390 e. The van der Waals surface area contributed by atoms with E-state index in [4.69, 9.17) is 0 Å². The highest BCUT2D eigenvalue weighted by Gasteiger charge is 2.30. The summed E-state index contributed by atoms with van der Waals surface area (Å²) in [4.78, 5) is 0. The summed E-state index contributed by atoms with van der Waals surface area (Å²) in [6, 6.07) is 6.54. The molecule has 0 amide bonds. The second-order valence-electron chi connectivity index (χ2n) is 4.48. The summed E-state index contributed by atoms with van der Waals surface area (Å²) >= 11 is 0. The molecule has 0 spiro atoms. The van der Waals surface area contributed by atoms with Crippen LogP contribution in [0.4, 0.5) is 13.2 Å². The van der Waals surface area contributed by atoms with Crippen molar-refractivity contribution in [2.24, 2.45) is 0 Å². The molecule has 0 bridgehead atoms. The summed E-state index contributed by atoms with van der Waals surface area (Å²) in [6.45, 7) is 2.50. The summed E-state index contributed by atoms with van der Waals surface area (Å²) < 4.78 is 39.2. The van der Waals surface area contributed by atoms with Gasteiger partial charge < -0.3 is 5.11 Å². The average molecular weight is 284 g/mol. The molecule has 2 rings (SSSR count). The number of hydrogen-bond donors (Lipinski definition) is 1. The van der Waals surface area contributed by atoms with Crippen LogP contribution in [-0.4, -0.2) is 14.9 Å². The molecule has 1 N–H and O–H groups in total. The van der Waals surface area contributed by atoms with Crippen molar-refractivity contribution in [1.82, 2.24) is 9.78 Å². The van der Waals surface area contributed by atoms with E-state index in [2.05, 4.69) is 5.10 Å². The number of aliphatic hydroxyl groups excluding tert-OH is 1. The number of aryl methyl sites for hydroxylation is 1. The highest BCUT2D eigenvalue weighted by atomic mass is 19.4. The minimum absolute atomic E-state index is 0.145. The van der Waals surface area contributed by atoms with Gasteiger partial charge in [0.05, 0.1) is 23.6 Å². The zero-order valence-corrected chi connectivity index (χ0v) is 11.0. The number of rotatable bonds is 4. The monoisotopic (exact) mass is 284 g/mol. The van der Waals surface area contributed by atoms with Crippen molar-refractivity contribution in [2.45, 2.75) is 32.7 Å². The lowest BCUT2D eigenvalue weighted by Crippen LogP contribution is -2.04. The van der Waals surface area contributed by atoms with Gasteiger partial charge in [0.2, 0.25) is 0 Å². The number of benzene rings is 1. The number of aliphatic hydroxyl groups is 1. The van der Waals surface area contributed by atoms with Crippen molar-refractivity contribution in [3.05, 3.63) is 41.6 Å². The Morgan fingerprint density at radius 1 is 1.20 bits per heavy atom. The molecule has 0 unspecified atom stereocenters. The van der Waals surface area contributed by atoms with Gasteiger partial charge in [-0.3, -0.25) is 4.68 Å². The van der Waals surface area contributed by atoms with Gasteiger partial charge in [-0.25, -0.2) is 0 Å². The molecule has 0 atom stereocenters. The summed E-state index contributed by atoms with van der Waals surface area (Å²) in [6.07, 6.45) is -3.47. The van der Waals surface area contributed by atoms with E-state index in [9.17, 15) is 18.3 Å². The molecule has 20 heavy (non-hydrogen) atoms. The second kappa shape index (κ2) is 5.66. The molecule has 108 valence electrons. The van der Waals surface area contributed by atoms with E-state index >= 15 is 0 Å². The Labute approximate surface area is 114 Å². The maximum Gasteiger partial charge on any atom is 0.416 e. The minimum Gasteiger partial charge on any atom is -0.390 e. The molecule has 0 fully saturated rings. The lowest BCUT2D eigenvalue weighted by Gasteiger charge is -2.06. The molecule has 6 heteroatoms. The molecular formula is C14H15F3N2O. The summed E-state index contributed by atoms with van der Waals surface area (Å²) in [7, 11) is 0. The number of halogens is 3. The molecule has 1 aromatic heterocycles. The van der Waals surface area contributed by atoms with Crippen LogP contribution < -0.4 is 0 Å². The van der Waals surface area contributed by atoms with E-state index in [0.717, 1.165) is 18.6 Å². The van der Waals surface area contributed by atoms with Gasteiger partial charge >= 0.3 is 6.18 Å². The van der Waals surface area contributed by atoms with E-state index in [1.165, 1.54) is 12.1 Å². The summed E-state index contributed by atoms with van der Waals surface area (Å²) in [5, 5.41) is 13.6. The van der Waals surface area contributed by atoms with Crippen LogP contribution >= 0.6 is 0 Å². The summed E-state index contributed by atoms with van der Waals surface area (Å²) in [5.74, 6) is 0. The lowest BCUT2D eigenvalue weighted by atomic mass is 10.1. The van der Waals surface area contributed by atoms with Crippen molar-refractivity contribution in [2.75, 3.05) is 0 Å². The van der Waals surface area contributed by atoms with E-state index in [0.29, 0.717) is 23.5 Å². The fourth-order valence-corrected chi connectivity index (χ4v) is 1.96. The molecule has 0 saturated carbocycles. The van der Waals surface area contributed by atoms with Gasteiger partial charge in [-0.05, 0) is 24.6 Å². The van der Waals surface area contributed by atoms with Crippen LogP contribution in [0.3, 0.4) is 0 Å². The third kappa shape index (κ3) is 3.01.